The van der Waals surface area contributed by atoms with Gasteiger partial charge in [-0.3, -0.25) is 18.6 Å². The molecule has 0 aromatic heterocycles. The van der Waals surface area contributed by atoms with E-state index in [1.54, 1.807) is 0 Å². The van der Waals surface area contributed by atoms with Crippen LogP contribution in [-0.2, 0) is 27.9 Å². The van der Waals surface area contributed by atoms with Crippen LogP contribution in [0.15, 0.2) is 109 Å². The summed E-state index contributed by atoms with van der Waals surface area (Å²) >= 11 is 0. The number of likely N-dealkylation sites (N-methyl/N-ethyl adjacent to an activating group) is 1. The van der Waals surface area contributed by atoms with Crippen LogP contribution in [0.5, 0.6) is 0 Å². The summed E-state index contributed by atoms with van der Waals surface area (Å²) in [5, 5.41) is 3.01. The Kier molecular flexibility index (Phi) is 46.9. The molecule has 10 heteroatoms. The van der Waals surface area contributed by atoms with E-state index in [4.69, 9.17) is 13.8 Å². The second-order valence-electron chi connectivity index (χ2n) is 19.3. The highest BCUT2D eigenvalue weighted by Crippen LogP contribution is 2.43. The first kappa shape index (κ1) is 66.7. The average Bonchev–Trinajstić information content (AvgIpc) is 3.32. The molecule has 3 unspecified atom stereocenters. The third-order valence-corrected chi connectivity index (χ3v) is 12.4. The molecule has 0 radical (unpaired) electrons. The van der Waals surface area contributed by atoms with E-state index in [0.717, 1.165) is 116 Å². The molecule has 0 saturated carbocycles. The first-order valence-electron chi connectivity index (χ1n) is 27.7. The molecule has 0 spiro atoms. The van der Waals surface area contributed by atoms with Crippen LogP contribution < -0.4 is 5.32 Å². The lowest BCUT2D eigenvalue weighted by Gasteiger charge is -2.27. The van der Waals surface area contributed by atoms with E-state index in [0.29, 0.717) is 23.9 Å². The third-order valence-electron chi connectivity index (χ3n) is 11.5. The van der Waals surface area contributed by atoms with E-state index in [1.165, 1.54) is 44.9 Å². The fourth-order valence-corrected chi connectivity index (χ4v) is 7.95. The number of hydrogen-bond acceptors (Lipinski definition) is 6. The molecule has 0 aromatic rings. The second-order valence-corrected chi connectivity index (χ2v) is 20.8. The number of carbonyl (C=O) groups excluding carboxylic acids is 2. The summed E-state index contributed by atoms with van der Waals surface area (Å²) in [6.45, 7) is 6.70. The quantitative estimate of drug-likeness (QED) is 0.0205. The lowest BCUT2D eigenvalue weighted by Crippen LogP contribution is -2.47. The van der Waals surface area contributed by atoms with Gasteiger partial charge in [-0.05, 0) is 109 Å². The van der Waals surface area contributed by atoms with Gasteiger partial charge < -0.3 is 19.4 Å². The number of esters is 1. The Hall–Kier alpha value is -3.33. The monoisotopic (exact) mass is 996 g/mol. The van der Waals surface area contributed by atoms with Crippen LogP contribution in [0.1, 0.15) is 207 Å². The zero-order valence-corrected chi connectivity index (χ0v) is 46.4. The summed E-state index contributed by atoms with van der Waals surface area (Å²) in [6.07, 6.45) is 66.6. The molecule has 0 saturated heterocycles. The van der Waals surface area contributed by atoms with Gasteiger partial charge in [0.25, 0.3) is 0 Å². The maximum atomic E-state index is 13.5. The maximum absolute atomic E-state index is 13.5. The van der Waals surface area contributed by atoms with Gasteiger partial charge in [0.15, 0.2) is 0 Å². The molecule has 0 aliphatic heterocycles. The molecule has 400 valence electrons. The lowest BCUT2D eigenvalue weighted by atomic mass is 10.1. The third kappa shape index (κ3) is 49.6. The fourth-order valence-electron chi connectivity index (χ4n) is 7.21. The van der Waals surface area contributed by atoms with Gasteiger partial charge in [-0.2, -0.15) is 0 Å². The van der Waals surface area contributed by atoms with Crippen molar-refractivity contribution in [2.24, 2.45) is 0 Å². The number of rotatable bonds is 48. The zero-order valence-electron chi connectivity index (χ0n) is 45.5. The van der Waals surface area contributed by atoms with Crippen molar-refractivity contribution in [3.05, 3.63) is 109 Å². The minimum absolute atomic E-state index is 0.0236. The molecule has 1 amide bonds. The van der Waals surface area contributed by atoms with Crippen LogP contribution in [0, 0.1) is 0 Å². The predicted octanol–water partition coefficient (Wildman–Crippen LogP) is 16.6. The van der Waals surface area contributed by atoms with E-state index in [9.17, 15) is 19.0 Å². The Labute approximate surface area is 430 Å². The van der Waals surface area contributed by atoms with Crippen molar-refractivity contribution in [1.82, 2.24) is 5.32 Å². The minimum Gasteiger partial charge on any atom is -0.456 e. The highest BCUT2D eigenvalue weighted by atomic mass is 31.2. The standard InChI is InChI=1S/C60H103N2O7P/c1-7-10-13-16-19-22-25-27-29-30-31-32-33-34-37-40-43-46-49-52-59(63)61-57(56-68-70(65,66)67-55-54-62(4,5)6)58(51-48-45-42-39-36-24-21-18-15-12-9-3)69-60(64)53-50-47-44-41-38-35-28-26-23-20-17-14-11-8-2/h10-11,13-14,19-20,22-23,27-29,31-32,34-35,37,48,51,57-58H,7-9,12,15-18,21,24-26,30,33,36,38-47,49-50,52-56H2,1-6H3,(H-,61,63,65,66)/p+1/b13-10-,14-11+,22-19-,23-20+,29-27-,32-31-,35-28+,37-34-,51-48-. The van der Waals surface area contributed by atoms with Crippen LogP contribution >= 0.6 is 7.82 Å². The Morgan fingerprint density at radius 3 is 1.39 bits per heavy atom. The number of hydrogen-bond donors (Lipinski definition) is 2. The molecule has 0 aliphatic rings. The number of amides is 1. The van der Waals surface area contributed by atoms with Gasteiger partial charge in [0.1, 0.15) is 19.3 Å². The highest BCUT2D eigenvalue weighted by Gasteiger charge is 2.30. The molecule has 0 fully saturated rings. The summed E-state index contributed by atoms with van der Waals surface area (Å²) in [4.78, 5) is 37.5. The van der Waals surface area contributed by atoms with Gasteiger partial charge in [-0.25, -0.2) is 4.57 Å². The van der Waals surface area contributed by atoms with E-state index >= 15 is 0 Å². The molecule has 9 nitrogen and oxygen atoms in total. The summed E-state index contributed by atoms with van der Waals surface area (Å²) in [6, 6.07) is -0.881. The van der Waals surface area contributed by atoms with E-state index < -0.39 is 20.0 Å². The number of phosphoric ester groups is 1. The van der Waals surface area contributed by atoms with Gasteiger partial charge >= 0.3 is 13.8 Å². The molecule has 0 bridgehead atoms. The van der Waals surface area contributed by atoms with Crippen molar-refractivity contribution in [2.45, 2.75) is 219 Å². The number of allylic oxidation sites excluding steroid dienone is 17. The second kappa shape index (κ2) is 49.3. The highest BCUT2D eigenvalue weighted by molar-refractivity contribution is 7.47. The van der Waals surface area contributed by atoms with Gasteiger partial charge in [0.2, 0.25) is 5.91 Å². The number of phosphoric acid groups is 1. The van der Waals surface area contributed by atoms with E-state index in [1.807, 2.05) is 33.3 Å². The number of unbranched alkanes of at least 4 members (excludes halogenated alkanes) is 16. The van der Waals surface area contributed by atoms with Gasteiger partial charge in [0.05, 0.1) is 33.8 Å². The van der Waals surface area contributed by atoms with Gasteiger partial charge in [0, 0.05) is 12.8 Å². The van der Waals surface area contributed by atoms with E-state index in [2.05, 4.69) is 123 Å². The molecule has 0 heterocycles. The first-order chi connectivity index (χ1) is 33.9. The molecule has 2 N–H and O–H groups in total. The van der Waals surface area contributed by atoms with Crippen molar-refractivity contribution in [1.29, 1.82) is 0 Å². The smallest absolute Gasteiger partial charge is 0.456 e. The Balaban J connectivity index is 5.44. The summed E-state index contributed by atoms with van der Waals surface area (Å²) in [7, 11) is 1.44. The van der Waals surface area contributed by atoms with Crippen molar-refractivity contribution in [3.63, 3.8) is 0 Å². The molecule has 70 heavy (non-hydrogen) atoms. The van der Waals surface area contributed by atoms with Crippen molar-refractivity contribution in [3.8, 4) is 0 Å². The van der Waals surface area contributed by atoms with Crippen molar-refractivity contribution in [2.75, 3.05) is 40.9 Å². The van der Waals surface area contributed by atoms with Crippen molar-refractivity contribution >= 4 is 19.7 Å². The number of nitrogens with one attached hydrogen (secondary N) is 1. The normalized spacial score (nSPS) is 14.7. The Morgan fingerprint density at radius 2 is 0.914 bits per heavy atom. The summed E-state index contributed by atoms with van der Waals surface area (Å²) in [5.74, 6) is -0.580. The Morgan fingerprint density at radius 1 is 0.514 bits per heavy atom. The SMILES string of the molecule is CC/C=C\C/C=C\C/C=C\C/C=C\C/C=C\CCCCCC(=O)NC(COP(=O)(O)OCC[N+](C)(C)C)C(/C=C\CCCCCCCCCCC)OC(=O)CCCCCC/C=C/C/C=C/C/C=C/CC. The number of quaternary nitrogens is 1. The first-order valence-corrected chi connectivity index (χ1v) is 29.2. The molecule has 0 aliphatic carbocycles. The minimum atomic E-state index is -4.46. The number of nitrogens with zero attached hydrogens (tertiary/aromatic N) is 1. The van der Waals surface area contributed by atoms with Gasteiger partial charge in [-0.1, -0.05) is 195 Å². The molecular formula is C60H104N2O7P+. The van der Waals surface area contributed by atoms with E-state index in [-0.39, 0.29) is 37.9 Å². The zero-order chi connectivity index (χ0) is 51.5. The largest absolute Gasteiger partial charge is 0.472 e. The summed E-state index contributed by atoms with van der Waals surface area (Å²) in [5.41, 5.74) is 0. The van der Waals surface area contributed by atoms with Crippen LogP contribution in [0.25, 0.3) is 0 Å². The van der Waals surface area contributed by atoms with Crippen LogP contribution in [0.2, 0.25) is 0 Å². The molecule has 0 aromatic carbocycles. The average molecular weight is 996 g/mol. The van der Waals surface area contributed by atoms with Crippen LogP contribution in [0.4, 0.5) is 0 Å². The van der Waals surface area contributed by atoms with Crippen molar-refractivity contribution < 1.29 is 37.3 Å². The molecular weight excluding hydrogens is 892 g/mol. The predicted molar refractivity (Wildman–Crippen MR) is 300 cm³/mol. The molecule has 3 atom stereocenters. The lowest BCUT2D eigenvalue weighted by molar-refractivity contribution is -0.870. The maximum Gasteiger partial charge on any atom is 0.472 e. The number of ether oxygens (including phenoxy) is 1. The Bertz CT molecular complexity index is 1570. The molecule has 0 rings (SSSR count). The summed E-state index contributed by atoms with van der Waals surface area (Å²) < 4.78 is 30.5. The number of carbonyl (C=O) groups is 2. The topological polar surface area (TPSA) is 111 Å². The van der Waals surface area contributed by atoms with Gasteiger partial charge in [-0.15, -0.1) is 0 Å². The fraction of sp³-hybridized carbons (Fsp3) is 0.667. The van der Waals surface area contributed by atoms with Crippen LogP contribution in [-0.4, -0.2) is 74.3 Å². The van der Waals surface area contributed by atoms with Crippen LogP contribution in [0.3, 0.4) is 0 Å².